The molecule has 0 aromatic heterocycles. The van der Waals surface area contributed by atoms with E-state index >= 15 is 0 Å². The summed E-state index contributed by atoms with van der Waals surface area (Å²) in [5.74, 6) is 0.946. The van der Waals surface area contributed by atoms with Crippen LogP contribution in [0, 0.1) is 0 Å². The molecule has 0 heterocycles. The van der Waals surface area contributed by atoms with Gasteiger partial charge in [-0.25, -0.2) is 8.42 Å². The molecule has 1 aliphatic rings. The molecule has 0 spiro atoms. The number of aryl methyl sites for hydroxylation is 1. The maximum atomic E-state index is 11.0. The predicted octanol–water partition coefficient (Wildman–Crippen LogP) is 1.84. The summed E-state index contributed by atoms with van der Waals surface area (Å²) in [6.45, 7) is 0.418. The van der Waals surface area contributed by atoms with Crippen molar-refractivity contribution in [3.8, 4) is 5.75 Å². The second-order valence-corrected chi connectivity index (χ2v) is 7.45. The number of nitrogens with two attached hydrogens (primary N) is 1. The summed E-state index contributed by atoms with van der Waals surface area (Å²) in [5.41, 5.74) is 8.57. The van der Waals surface area contributed by atoms with Gasteiger partial charge in [0.2, 0.25) is 0 Å². The molecule has 0 amide bonds. The van der Waals surface area contributed by atoms with E-state index in [2.05, 4.69) is 6.07 Å². The lowest BCUT2D eigenvalue weighted by molar-refractivity contribution is 0.317. The monoisotopic (exact) mass is 283 g/mol. The van der Waals surface area contributed by atoms with Gasteiger partial charge in [-0.1, -0.05) is 6.07 Å². The Balaban J connectivity index is 1.93. The van der Waals surface area contributed by atoms with Gasteiger partial charge in [0.05, 0.1) is 12.4 Å². The van der Waals surface area contributed by atoms with Gasteiger partial charge in [0, 0.05) is 12.3 Å². The van der Waals surface area contributed by atoms with Crippen molar-refractivity contribution >= 4 is 9.84 Å². The third kappa shape index (κ3) is 4.21. The van der Waals surface area contributed by atoms with Crippen LogP contribution in [0.1, 0.15) is 36.4 Å². The lowest BCUT2D eigenvalue weighted by atomic mass is 9.88. The second-order valence-electron chi connectivity index (χ2n) is 5.19. The number of rotatable bonds is 5. The number of hydrogen-bond donors (Lipinski definition) is 1. The molecule has 1 aliphatic carbocycles. The molecule has 19 heavy (non-hydrogen) atoms. The predicted molar refractivity (Wildman–Crippen MR) is 76.1 cm³/mol. The van der Waals surface area contributed by atoms with Gasteiger partial charge in [-0.2, -0.15) is 0 Å². The molecule has 106 valence electrons. The normalized spacial score (nSPS) is 18.9. The Kier molecular flexibility index (Phi) is 4.47. The van der Waals surface area contributed by atoms with Gasteiger partial charge >= 0.3 is 0 Å². The van der Waals surface area contributed by atoms with Gasteiger partial charge in [0.25, 0.3) is 0 Å². The maximum absolute atomic E-state index is 11.0. The lowest BCUT2D eigenvalue weighted by Gasteiger charge is -2.22. The van der Waals surface area contributed by atoms with E-state index in [0.717, 1.165) is 25.0 Å². The Hall–Kier alpha value is -1.07. The van der Waals surface area contributed by atoms with E-state index < -0.39 is 9.84 Å². The third-order valence-corrected chi connectivity index (χ3v) is 4.44. The van der Waals surface area contributed by atoms with Crippen LogP contribution in [-0.2, 0) is 16.3 Å². The van der Waals surface area contributed by atoms with Crippen LogP contribution in [0.2, 0.25) is 0 Å². The highest BCUT2D eigenvalue weighted by Crippen LogP contribution is 2.30. The number of ether oxygens (including phenoxy) is 1. The van der Waals surface area contributed by atoms with Gasteiger partial charge in [0.15, 0.2) is 0 Å². The molecule has 0 saturated carbocycles. The number of fused-ring (bicyclic) bond motifs is 1. The molecular weight excluding hydrogens is 262 g/mol. The molecule has 2 N–H and O–H groups in total. The second kappa shape index (κ2) is 5.92. The minimum absolute atomic E-state index is 0.100. The van der Waals surface area contributed by atoms with Crippen LogP contribution in [0.5, 0.6) is 5.75 Å². The van der Waals surface area contributed by atoms with Gasteiger partial charge in [-0.15, -0.1) is 0 Å². The highest BCUT2D eigenvalue weighted by molar-refractivity contribution is 7.90. The fourth-order valence-corrected chi connectivity index (χ4v) is 3.06. The Bertz CT molecular complexity index is 540. The van der Waals surface area contributed by atoms with E-state index in [1.165, 1.54) is 17.4 Å². The Morgan fingerprint density at radius 1 is 1.42 bits per heavy atom. The molecule has 1 aromatic carbocycles. The molecule has 1 aromatic rings. The molecule has 4 nitrogen and oxygen atoms in total. The van der Waals surface area contributed by atoms with Crippen LogP contribution in [0.25, 0.3) is 0 Å². The molecule has 0 radical (unpaired) electrons. The molecule has 0 aliphatic heterocycles. The van der Waals surface area contributed by atoms with Crippen molar-refractivity contribution in [1.29, 1.82) is 0 Å². The summed E-state index contributed by atoms with van der Waals surface area (Å²) in [7, 11) is -2.90. The van der Waals surface area contributed by atoms with Gasteiger partial charge in [-0.3, -0.25) is 0 Å². The van der Waals surface area contributed by atoms with Crippen LogP contribution in [0.3, 0.4) is 0 Å². The average molecular weight is 283 g/mol. The minimum Gasteiger partial charge on any atom is -0.494 e. The molecular formula is C14H21NO3S. The quantitative estimate of drug-likeness (QED) is 0.837. The van der Waals surface area contributed by atoms with Crippen LogP contribution in [0.4, 0.5) is 0 Å². The number of benzene rings is 1. The maximum Gasteiger partial charge on any atom is 0.147 e. The third-order valence-electron chi connectivity index (χ3n) is 3.41. The first-order valence-electron chi connectivity index (χ1n) is 6.64. The molecule has 2 rings (SSSR count). The van der Waals surface area contributed by atoms with Crippen molar-refractivity contribution in [2.75, 3.05) is 18.6 Å². The van der Waals surface area contributed by atoms with Crippen LogP contribution >= 0.6 is 0 Å². The van der Waals surface area contributed by atoms with Crippen LogP contribution in [0.15, 0.2) is 18.2 Å². The van der Waals surface area contributed by atoms with Crippen LogP contribution < -0.4 is 10.5 Å². The zero-order valence-corrected chi connectivity index (χ0v) is 12.1. The fraction of sp³-hybridized carbons (Fsp3) is 0.571. The average Bonchev–Trinajstić information content (AvgIpc) is 2.34. The summed E-state index contributed by atoms with van der Waals surface area (Å²) in [4.78, 5) is 0. The molecule has 0 fully saturated rings. The first-order valence-corrected chi connectivity index (χ1v) is 8.71. The highest BCUT2D eigenvalue weighted by atomic mass is 32.2. The SMILES string of the molecule is CS(=O)(=O)CCCOc1ccc2c(c1)C(N)CCC2. The first kappa shape index (κ1) is 14.3. The van der Waals surface area contributed by atoms with Crippen molar-refractivity contribution < 1.29 is 13.2 Å². The van der Waals surface area contributed by atoms with Gasteiger partial charge in [0.1, 0.15) is 15.6 Å². The molecule has 0 bridgehead atoms. The minimum atomic E-state index is -2.90. The van der Waals surface area contributed by atoms with Crippen molar-refractivity contribution in [2.24, 2.45) is 5.73 Å². The zero-order valence-electron chi connectivity index (χ0n) is 11.3. The zero-order chi connectivity index (χ0) is 13.9. The fourth-order valence-electron chi connectivity index (χ4n) is 2.41. The summed E-state index contributed by atoms with van der Waals surface area (Å²) < 4.78 is 27.6. The topological polar surface area (TPSA) is 69.4 Å². The summed E-state index contributed by atoms with van der Waals surface area (Å²) in [6, 6.07) is 6.11. The summed E-state index contributed by atoms with van der Waals surface area (Å²) in [6.07, 6.45) is 5.00. The van der Waals surface area contributed by atoms with E-state index in [1.54, 1.807) is 0 Å². The molecule has 1 unspecified atom stereocenters. The Morgan fingerprint density at radius 3 is 2.95 bits per heavy atom. The highest BCUT2D eigenvalue weighted by Gasteiger charge is 2.17. The van der Waals surface area contributed by atoms with Crippen molar-refractivity contribution in [1.82, 2.24) is 0 Å². The van der Waals surface area contributed by atoms with Gasteiger partial charge in [-0.05, 0) is 48.9 Å². The first-order chi connectivity index (χ1) is 8.96. The largest absolute Gasteiger partial charge is 0.494 e. The molecule has 0 saturated heterocycles. The van der Waals surface area contributed by atoms with E-state index in [0.29, 0.717) is 13.0 Å². The lowest BCUT2D eigenvalue weighted by Crippen LogP contribution is -2.17. The van der Waals surface area contributed by atoms with E-state index in [4.69, 9.17) is 10.5 Å². The smallest absolute Gasteiger partial charge is 0.147 e. The van der Waals surface area contributed by atoms with Crippen molar-refractivity contribution in [2.45, 2.75) is 31.7 Å². The molecule has 5 heteroatoms. The number of hydrogen-bond acceptors (Lipinski definition) is 4. The van der Waals surface area contributed by atoms with E-state index in [-0.39, 0.29) is 11.8 Å². The summed E-state index contributed by atoms with van der Waals surface area (Å²) >= 11 is 0. The number of sulfone groups is 1. The van der Waals surface area contributed by atoms with E-state index in [1.807, 2.05) is 12.1 Å². The van der Waals surface area contributed by atoms with Gasteiger partial charge < -0.3 is 10.5 Å². The molecule has 1 atom stereocenters. The Morgan fingerprint density at radius 2 is 2.21 bits per heavy atom. The van der Waals surface area contributed by atoms with Crippen molar-refractivity contribution in [3.63, 3.8) is 0 Å². The van der Waals surface area contributed by atoms with Crippen molar-refractivity contribution in [3.05, 3.63) is 29.3 Å². The standard InChI is InChI=1S/C14H21NO3S/c1-19(16,17)9-3-8-18-12-7-6-11-4-2-5-14(15)13(11)10-12/h6-7,10,14H,2-5,8-9,15H2,1H3. The van der Waals surface area contributed by atoms with E-state index in [9.17, 15) is 8.42 Å². The summed E-state index contributed by atoms with van der Waals surface area (Å²) in [5, 5.41) is 0. The Labute approximate surface area is 114 Å². The van der Waals surface area contributed by atoms with Crippen LogP contribution in [-0.4, -0.2) is 27.0 Å².